The molecule has 1 atom stereocenters. The fourth-order valence-electron chi connectivity index (χ4n) is 4.36. The number of hydrogen-bond acceptors (Lipinski definition) is 4. The Morgan fingerprint density at radius 3 is 2.28 bits per heavy atom. The van der Waals surface area contributed by atoms with Crippen molar-refractivity contribution in [3.8, 4) is 0 Å². The molecule has 1 unspecified atom stereocenters. The monoisotopic (exact) mass is 457 g/mol. The van der Waals surface area contributed by atoms with Crippen LogP contribution in [-0.2, 0) is 19.6 Å². The molecule has 8 heteroatoms. The van der Waals surface area contributed by atoms with Crippen LogP contribution in [-0.4, -0.2) is 32.3 Å². The van der Waals surface area contributed by atoms with Crippen molar-refractivity contribution in [1.29, 1.82) is 0 Å². The van der Waals surface area contributed by atoms with Crippen LogP contribution in [0.5, 0.6) is 0 Å². The largest absolute Gasteiger partial charge is 0.353 e. The zero-order valence-corrected chi connectivity index (χ0v) is 20.0. The highest BCUT2D eigenvalue weighted by molar-refractivity contribution is 7.93. The van der Waals surface area contributed by atoms with Gasteiger partial charge in [0.1, 0.15) is 6.04 Å². The number of anilines is 2. The first-order valence-electron chi connectivity index (χ1n) is 10.9. The second-order valence-electron chi connectivity index (χ2n) is 8.34. The summed E-state index contributed by atoms with van der Waals surface area (Å²) in [6.45, 7) is 9.34. The SMILES string of the molecule is CCC(CC)NC(=O)CC1C(=O)Nc2ccccc2N1S(=O)(=O)c1c(C)cc(C)cc1C. The van der Waals surface area contributed by atoms with Gasteiger partial charge < -0.3 is 10.6 Å². The van der Waals surface area contributed by atoms with Crippen molar-refractivity contribution in [3.63, 3.8) is 0 Å². The fourth-order valence-corrected chi connectivity index (χ4v) is 6.41. The molecule has 0 saturated heterocycles. The van der Waals surface area contributed by atoms with Gasteiger partial charge in [-0.25, -0.2) is 8.42 Å². The summed E-state index contributed by atoms with van der Waals surface area (Å²) in [5.41, 5.74) is 2.92. The van der Waals surface area contributed by atoms with Gasteiger partial charge in [-0.3, -0.25) is 13.9 Å². The molecule has 3 rings (SSSR count). The van der Waals surface area contributed by atoms with Crippen molar-refractivity contribution >= 4 is 33.2 Å². The van der Waals surface area contributed by atoms with Crippen LogP contribution in [0.2, 0.25) is 0 Å². The molecule has 2 N–H and O–H groups in total. The highest BCUT2D eigenvalue weighted by atomic mass is 32.2. The number of fused-ring (bicyclic) bond motifs is 1. The van der Waals surface area contributed by atoms with E-state index < -0.39 is 22.0 Å². The van der Waals surface area contributed by atoms with Gasteiger partial charge in [0.15, 0.2) is 0 Å². The summed E-state index contributed by atoms with van der Waals surface area (Å²) in [4.78, 5) is 26.0. The Hall–Kier alpha value is -2.87. The topological polar surface area (TPSA) is 95.6 Å². The minimum Gasteiger partial charge on any atom is -0.353 e. The summed E-state index contributed by atoms with van der Waals surface area (Å²) in [5.74, 6) is -0.870. The number of rotatable bonds is 7. The molecule has 0 aliphatic carbocycles. The Labute approximate surface area is 190 Å². The van der Waals surface area contributed by atoms with Crippen LogP contribution in [0.4, 0.5) is 11.4 Å². The molecule has 32 heavy (non-hydrogen) atoms. The Kier molecular flexibility index (Phi) is 6.93. The van der Waals surface area contributed by atoms with E-state index in [2.05, 4.69) is 10.6 Å². The number of amides is 2. The van der Waals surface area contributed by atoms with E-state index in [1.165, 1.54) is 0 Å². The van der Waals surface area contributed by atoms with Gasteiger partial charge in [-0.1, -0.05) is 43.7 Å². The van der Waals surface area contributed by atoms with E-state index in [0.29, 0.717) is 22.5 Å². The smallest absolute Gasteiger partial charge is 0.265 e. The van der Waals surface area contributed by atoms with E-state index >= 15 is 0 Å². The van der Waals surface area contributed by atoms with E-state index in [0.717, 1.165) is 22.7 Å². The predicted octanol–water partition coefficient (Wildman–Crippen LogP) is 3.82. The second kappa shape index (κ2) is 9.32. The van der Waals surface area contributed by atoms with Crippen LogP contribution >= 0.6 is 0 Å². The van der Waals surface area contributed by atoms with E-state index in [4.69, 9.17) is 0 Å². The molecular weight excluding hydrogens is 426 g/mol. The average molecular weight is 458 g/mol. The maximum atomic E-state index is 14.0. The predicted molar refractivity (Wildman–Crippen MR) is 126 cm³/mol. The molecule has 1 heterocycles. The third kappa shape index (κ3) is 4.50. The average Bonchev–Trinajstić information content (AvgIpc) is 2.71. The lowest BCUT2D eigenvalue weighted by Gasteiger charge is -2.37. The van der Waals surface area contributed by atoms with Crippen LogP contribution in [0.1, 0.15) is 49.8 Å². The Balaban J connectivity index is 2.11. The first-order chi connectivity index (χ1) is 15.1. The van der Waals surface area contributed by atoms with Gasteiger partial charge >= 0.3 is 0 Å². The van der Waals surface area contributed by atoms with Crippen molar-refractivity contribution in [3.05, 3.63) is 53.1 Å². The summed E-state index contributed by atoms with van der Waals surface area (Å²) >= 11 is 0. The van der Waals surface area contributed by atoms with Crippen molar-refractivity contribution in [2.24, 2.45) is 0 Å². The number of carbonyl (C=O) groups excluding carboxylic acids is 2. The van der Waals surface area contributed by atoms with Gasteiger partial charge in [-0.15, -0.1) is 0 Å². The van der Waals surface area contributed by atoms with E-state index in [1.54, 1.807) is 38.1 Å². The Bertz CT molecular complexity index is 1120. The Morgan fingerprint density at radius 2 is 1.69 bits per heavy atom. The van der Waals surface area contributed by atoms with E-state index in [-0.39, 0.29) is 23.3 Å². The lowest BCUT2D eigenvalue weighted by molar-refractivity contribution is -0.125. The Morgan fingerprint density at radius 1 is 1.09 bits per heavy atom. The normalized spacial score (nSPS) is 16.0. The zero-order valence-electron chi connectivity index (χ0n) is 19.2. The standard InChI is InChI=1S/C24H31N3O4S/c1-6-18(7-2)25-22(28)14-21-24(29)26-19-10-8-9-11-20(19)27(21)32(30,31)23-16(4)12-15(3)13-17(23)5/h8-13,18,21H,6-7,14H2,1-5H3,(H,25,28)(H,26,29). The molecule has 2 aromatic carbocycles. The van der Waals surface area contributed by atoms with Crippen LogP contribution in [0.15, 0.2) is 41.3 Å². The third-order valence-corrected chi connectivity index (χ3v) is 7.97. The fraction of sp³-hybridized carbons (Fsp3) is 0.417. The number of hydrogen-bond donors (Lipinski definition) is 2. The number of nitrogens with zero attached hydrogens (tertiary/aromatic N) is 1. The molecule has 0 saturated carbocycles. The molecule has 0 radical (unpaired) electrons. The number of benzene rings is 2. The number of aryl methyl sites for hydroxylation is 3. The maximum Gasteiger partial charge on any atom is 0.265 e. The van der Waals surface area contributed by atoms with Gasteiger partial charge in [0.2, 0.25) is 11.8 Å². The van der Waals surface area contributed by atoms with Crippen LogP contribution < -0.4 is 14.9 Å². The molecule has 7 nitrogen and oxygen atoms in total. The summed E-state index contributed by atoms with van der Waals surface area (Å²) in [6.07, 6.45) is 1.25. The van der Waals surface area contributed by atoms with Crippen molar-refractivity contribution in [1.82, 2.24) is 5.32 Å². The number of carbonyl (C=O) groups is 2. The molecule has 172 valence electrons. The van der Waals surface area contributed by atoms with Crippen molar-refractivity contribution in [2.45, 2.75) is 70.9 Å². The first-order valence-corrected chi connectivity index (χ1v) is 12.4. The minimum absolute atomic E-state index is 0.0203. The number of para-hydroxylation sites is 2. The molecular formula is C24H31N3O4S. The van der Waals surface area contributed by atoms with E-state index in [1.807, 2.05) is 32.9 Å². The first kappa shape index (κ1) is 23.8. The summed E-state index contributed by atoms with van der Waals surface area (Å²) < 4.78 is 29.1. The second-order valence-corrected chi connectivity index (χ2v) is 10.1. The van der Waals surface area contributed by atoms with Crippen molar-refractivity contribution < 1.29 is 18.0 Å². The summed E-state index contributed by atoms with van der Waals surface area (Å²) in [5, 5.41) is 5.67. The summed E-state index contributed by atoms with van der Waals surface area (Å²) in [7, 11) is -4.13. The molecule has 0 aromatic heterocycles. The van der Waals surface area contributed by atoms with Crippen molar-refractivity contribution in [2.75, 3.05) is 9.62 Å². The molecule has 2 aromatic rings. The zero-order chi connectivity index (χ0) is 23.6. The lowest BCUT2D eigenvalue weighted by atomic mass is 10.1. The van der Waals surface area contributed by atoms with Gasteiger partial charge in [0, 0.05) is 6.04 Å². The van der Waals surface area contributed by atoms with Crippen LogP contribution in [0.3, 0.4) is 0 Å². The highest BCUT2D eigenvalue weighted by Gasteiger charge is 2.43. The van der Waals surface area contributed by atoms with Gasteiger partial charge in [-0.05, 0) is 56.9 Å². The lowest BCUT2D eigenvalue weighted by Crippen LogP contribution is -2.53. The molecule has 1 aliphatic heterocycles. The summed E-state index contributed by atoms with van der Waals surface area (Å²) in [6, 6.07) is 9.16. The molecule has 0 bridgehead atoms. The molecule has 2 amide bonds. The number of nitrogens with one attached hydrogen (secondary N) is 2. The molecule has 0 spiro atoms. The number of sulfonamides is 1. The van der Waals surface area contributed by atoms with Gasteiger partial charge in [0.05, 0.1) is 22.7 Å². The van der Waals surface area contributed by atoms with E-state index in [9.17, 15) is 18.0 Å². The third-order valence-electron chi connectivity index (χ3n) is 5.84. The minimum atomic E-state index is -4.13. The van der Waals surface area contributed by atoms with Crippen LogP contribution in [0.25, 0.3) is 0 Å². The molecule has 0 fully saturated rings. The highest BCUT2D eigenvalue weighted by Crippen LogP contribution is 2.38. The maximum absolute atomic E-state index is 14.0. The molecule has 1 aliphatic rings. The van der Waals surface area contributed by atoms with Gasteiger partial charge in [0.25, 0.3) is 10.0 Å². The van der Waals surface area contributed by atoms with Crippen LogP contribution in [0, 0.1) is 20.8 Å². The quantitative estimate of drug-likeness (QED) is 0.661. The van der Waals surface area contributed by atoms with Gasteiger partial charge in [-0.2, -0.15) is 0 Å².